The van der Waals surface area contributed by atoms with Crippen molar-refractivity contribution in [1.29, 1.82) is 0 Å². The van der Waals surface area contributed by atoms with Crippen LogP contribution in [0.5, 0.6) is 5.75 Å². The van der Waals surface area contributed by atoms with E-state index in [1.165, 1.54) is 31.7 Å². The Morgan fingerprint density at radius 2 is 1.18 bits per heavy atom. The van der Waals surface area contributed by atoms with Crippen LogP contribution >= 0.6 is 0 Å². The molecule has 0 spiro atoms. The van der Waals surface area contributed by atoms with Crippen LogP contribution in [0.3, 0.4) is 0 Å². The Hall–Kier alpha value is -1.71. The molecule has 0 fully saturated rings. The number of carbonyl (C=O) groups excluding carboxylic acids is 2. The second-order valence-electron chi connectivity index (χ2n) is 8.37. The minimum atomic E-state index is -1.48. The second-order valence-corrected chi connectivity index (χ2v) is 8.37. The third-order valence-electron chi connectivity index (χ3n) is 5.02. The summed E-state index contributed by atoms with van der Waals surface area (Å²) in [6.45, 7) is 0.260. The van der Waals surface area contributed by atoms with E-state index in [0.717, 1.165) is 22.6 Å². The molecule has 0 aliphatic rings. The van der Waals surface area contributed by atoms with Crippen molar-refractivity contribution in [2.75, 3.05) is 45.9 Å². The number of carboxylic acids is 5. The normalized spacial score (nSPS) is 9.97. The number of carbonyl (C=O) groups is 5. The van der Waals surface area contributed by atoms with Gasteiger partial charge >= 0.3 is 77.0 Å². The van der Waals surface area contributed by atoms with E-state index in [9.17, 15) is 34.2 Å². The first-order chi connectivity index (χ1) is 18.0. The molecule has 40 heavy (non-hydrogen) atoms. The fraction of sp³-hybridized carbons (Fsp3) is 0.560. The van der Waals surface area contributed by atoms with Crippen LogP contribution in [0.2, 0.25) is 0 Å². The number of ether oxygens (including phenoxy) is 1. The largest absolute Gasteiger partial charge is 1.00 e. The zero-order valence-electron chi connectivity index (χ0n) is 23.5. The van der Waals surface area contributed by atoms with Gasteiger partial charge in [0.2, 0.25) is 0 Å². The maximum Gasteiger partial charge on any atom is 1.00 e. The Morgan fingerprint density at radius 3 is 1.62 bits per heavy atom. The van der Waals surface area contributed by atoms with Crippen molar-refractivity contribution in [1.82, 2.24) is 9.80 Å². The topological polar surface area (TPSA) is 208 Å². The summed E-state index contributed by atoms with van der Waals surface area (Å²) in [6.07, 6.45) is 7.12. The minimum absolute atomic E-state index is 0. The number of hydrogen-bond donors (Lipinski definition) is 3. The number of nitrogens with zero attached hydrogens (tertiary/aromatic N) is 2. The van der Waals surface area contributed by atoms with E-state index in [-0.39, 0.29) is 77.8 Å². The molecule has 0 heterocycles. The molecule has 0 bridgehead atoms. The number of unbranched alkanes of at least 4 members (excludes halogenated alkanes) is 5. The van der Waals surface area contributed by atoms with Gasteiger partial charge in [0.25, 0.3) is 0 Å². The summed E-state index contributed by atoms with van der Waals surface area (Å²) in [5.74, 6) is -5.99. The Balaban J connectivity index is -0.000000654. The number of hydrogen-bond acceptors (Lipinski definition) is 10. The Kier molecular flexibility index (Phi) is 28.0. The van der Waals surface area contributed by atoms with Crippen LogP contribution in [-0.2, 0) is 19.2 Å². The molecule has 214 valence electrons. The quantitative estimate of drug-likeness (QED) is 0.0960. The van der Waals surface area contributed by atoms with Gasteiger partial charge in [0, 0.05) is 25.2 Å². The van der Waals surface area contributed by atoms with Crippen LogP contribution in [0.1, 0.15) is 55.8 Å². The van der Waals surface area contributed by atoms with Crippen LogP contribution in [0, 0.1) is 0 Å². The number of rotatable bonds is 20. The van der Waals surface area contributed by atoms with E-state index in [1.807, 2.05) is 0 Å². The Morgan fingerprint density at radius 1 is 0.725 bits per heavy atom. The summed E-state index contributed by atoms with van der Waals surface area (Å²) in [5.41, 5.74) is 0.128. The maximum atomic E-state index is 10.8. The van der Waals surface area contributed by atoms with Crippen molar-refractivity contribution in [3.63, 3.8) is 0 Å². The summed E-state index contributed by atoms with van der Waals surface area (Å²) in [7, 11) is 0. The first-order valence-corrected chi connectivity index (χ1v) is 12.2. The van der Waals surface area contributed by atoms with Crippen LogP contribution in [0.25, 0.3) is 0 Å². The summed E-state index contributed by atoms with van der Waals surface area (Å²) in [6, 6.07) is 6.61. The van der Waals surface area contributed by atoms with Crippen molar-refractivity contribution in [3.8, 4) is 5.75 Å². The number of para-hydroxylation sites is 1. The number of aromatic carboxylic acids is 1. The van der Waals surface area contributed by atoms with Gasteiger partial charge in [-0.2, -0.15) is 0 Å². The molecule has 0 unspecified atom stereocenters. The molecule has 0 amide bonds. The molecule has 0 saturated heterocycles. The van der Waals surface area contributed by atoms with Gasteiger partial charge in [-0.1, -0.05) is 51.2 Å². The van der Waals surface area contributed by atoms with Crippen LogP contribution in [0.4, 0.5) is 0 Å². The molecule has 0 radical (unpaired) electrons. The number of benzene rings is 1. The monoisotopic (exact) mass is 586 g/mol. The molecule has 13 nitrogen and oxygen atoms in total. The van der Waals surface area contributed by atoms with Crippen molar-refractivity contribution < 1.29 is 113 Å². The molecular formula is C25H36N2Na2O11. The summed E-state index contributed by atoms with van der Waals surface area (Å²) < 4.78 is 5.48. The summed E-state index contributed by atoms with van der Waals surface area (Å²) in [4.78, 5) is 55.0. The number of carboxylic acid groups (broad SMARTS) is 5. The third-order valence-corrected chi connectivity index (χ3v) is 5.02. The third kappa shape index (κ3) is 24.1. The van der Waals surface area contributed by atoms with Crippen LogP contribution < -0.4 is 74.1 Å². The number of aliphatic carboxylic acids is 4. The SMILES string of the molecule is CCCCCCCCOc1ccccc1C(=O)[O-].O=C([O-])CN(CCN(CC(=O)O)CC(=O)O)CC(=O)O.[Na+].[Na+]. The fourth-order valence-electron chi connectivity index (χ4n) is 3.29. The van der Waals surface area contributed by atoms with E-state index in [0.29, 0.717) is 12.4 Å². The fourth-order valence-corrected chi connectivity index (χ4v) is 3.29. The van der Waals surface area contributed by atoms with E-state index in [1.54, 1.807) is 18.2 Å². The Bertz CT molecular complexity index is 835. The van der Waals surface area contributed by atoms with Gasteiger partial charge < -0.3 is 39.9 Å². The molecule has 0 aliphatic heterocycles. The van der Waals surface area contributed by atoms with Gasteiger partial charge in [-0.25, -0.2) is 0 Å². The molecular weight excluding hydrogens is 550 g/mol. The zero-order valence-corrected chi connectivity index (χ0v) is 27.5. The molecule has 0 atom stereocenters. The second kappa shape index (κ2) is 26.2. The summed E-state index contributed by atoms with van der Waals surface area (Å²) >= 11 is 0. The minimum Gasteiger partial charge on any atom is -0.549 e. The predicted molar refractivity (Wildman–Crippen MR) is 130 cm³/mol. The van der Waals surface area contributed by atoms with Crippen LogP contribution in [-0.4, -0.2) is 101 Å². The predicted octanol–water partition coefficient (Wildman–Crippen LogP) is -6.61. The Labute approximate surface area is 278 Å². The van der Waals surface area contributed by atoms with Gasteiger partial charge in [-0.05, 0) is 18.6 Å². The van der Waals surface area contributed by atoms with Crippen molar-refractivity contribution >= 4 is 29.8 Å². The van der Waals surface area contributed by atoms with Gasteiger partial charge in [0.05, 0.1) is 38.2 Å². The average Bonchev–Trinajstić information content (AvgIpc) is 2.81. The van der Waals surface area contributed by atoms with Crippen molar-refractivity contribution in [2.24, 2.45) is 0 Å². The molecule has 0 aliphatic carbocycles. The van der Waals surface area contributed by atoms with E-state index < -0.39 is 56.0 Å². The molecule has 1 rings (SSSR count). The first-order valence-electron chi connectivity index (χ1n) is 12.2. The zero-order chi connectivity index (χ0) is 28.9. The van der Waals surface area contributed by atoms with E-state index in [4.69, 9.17) is 20.1 Å². The van der Waals surface area contributed by atoms with Gasteiger partial charge in [-0.3, -0.25) is 24.2 Å². The van der Waals surface area contributed by atoms with Gasteiger partial charge in [0.1, 0.15) is 5.75 Å². The molecule has 3 N–H and O–H groups in total. The standard InChI is InChI=1S/C15H22O3.C10H16N2O8.2Na/c1-2-3-4-5-6-9-12-18-14-11-8-7-10-13(14)15(16)17;13-7(14)3-11(4-8(15)16)1-2-12(5-9(17)18)6-10(19)20;;/h7-8,10-11H,2-6,9,12H2,1H3,(H,16,17);1-6H2,(H,13,14)(H,15,16)(H,17,18)(H,19,20);;/q;;2*+1/p-2. The van der Waals surface area contributed by atoms with E-state index in [2.05, 4.69) is 6.92 Å². The first kappa shape index (κ1) is 42.8. The molecule has 0 saturated carbocycles. The molecule has 1 aromatic rings. The van der Waals surface area contributed by atoms with E-state index >= 15 is 0 Å². The molecule has 15 heteroatoms. The maximum absolute atomic E-state index is 10.8. The summed E-state index contributed by atoms with van der Waals surface area (Å²) in [5, 5.41) is 47.1. The molecule has 0 aromatic heterocycles. The van der Waals surface area contributed by atoms with Crippen LogP contribution in [0.15, 0.2) is 24.3 Å². The van der Waals surface area contributed by atoms with Crippen molar-refractivity contribution in [2.45, 2.75) is 45.4 Å². The average molecular weight is 587 g/mol. The van der Waals surface area contributed by atoms with Crippen molar-refractivity contribution in [3.05, 3.63) is 29.8 Å². The smallest absolute Gasteiger partial charge is 0.549 e. The van der Waals surface area contributed by atoms with Gasteiger partial charge in [0.15, 0.2) is 0 Å². The van der Waals surface area contributed by atoms with Gasteiger partial charge in [-0.15, -0.1) is 0 Å². The molecule has 1 aromatic carbocycles.